The van der Waals surface area contributed by atoms with Crippen LogP contribution < -0.4 is 8.92 Å². The molecule has 0 heterocycles. The minimum atomic E-state index is 0.230. The molecule has 0 fully saturated rings. The quantitative estimate of drug-likeness (QED) is 0.0943. The van der Waals surface area contributed by atoms with Gasteiger partial charge in [0.2, 0.25) is 0 Å². The summed E-state index contributed by atoms with van der Waals surface area (Å²) in [6.07, 6.45) is 0. The van der Waals surface area contributed by atoms with E-state index in [0.29, 0.717) is 43.0 Å². The van der Waals surface area contributed by atoms with Crippen molar-refractivity contribution in [3.05, 3.63) is 161 Å². The van der Waals surface area contributed by atoms with Crippen molar-refractivity contribution in [2.45, 2.75) is 17.6 Å². The third-order valence-corrected chi connectivity index (χ3v) is 10.8. The molecule has 0 bridgehead atoms. The van der Waals surface area contributed by atoms with Gasteiger partial charge in [0.25, 0.3) is 0 Å². The van der Waals surface area contributed by atoms with Crippen molar-refractivity contribution in [1.29, 1.82) is 0 Å². The monoisotopic (exact) mass is 682 g/mol. The third-order valence-electron chi connectivity index (χ3n) is 6.61. The Morgan fingerprint density at radius 1 is 0.548 bits per heavy atom. The van der Waals surface area contributed by atoms with Crippen LogP contribution in [0.5, 0.6) is 5.75 Å². The summed E-state index contributed by atoms with van der Waals surface area (Å²) >= 11 is 0.696. The molecule has 42 heavy (non-hydrogen) atoms. The second-order valence-electron chi connectivity index (χ2n) is 9.72. The van der Waals surface area contributed by atoms with Crippen LogP contribution in [0.2, 0.25) is 10.6 Å². The fraction of sp³-hybridized carbons (Fsp3) is 0.135. The maximum atomic E-state index is 11.9. The Hall–Kier alpha value is -3.72. The summed E-state index contributed by atoms with van der Waals surface area (Å²) < 4.78 is 2.75. The molecule has 0 aliphatic carbocycles. The van der Waals surface area contributed by atoms with Gasteiger partial charge in [0, 0.05) is 0 Å². The van der Waals surface area contributed by atoms with Gasteiger partial charge in [0.05, 0.1) is 0 Å². The Kier molecular flexibility index (Phi) is 11.0. The Labute approximate surface area is 261 Å². The summed E-state index contributed by atoms with van der Waals surface area (Å²) in [5.74, 6) is 0.230. The maximum absolute atomic E-state index is 11.9. The summed E-state index contributed by atoms with van der Waals surface area (Å²) in [6, 6.07) is 45.7. The normalized spacial score (nSPS) is 11.9. The van der Waals surface area contributed by atoms with Crippen LogP contribution in [0.1, 0.15) is 27.8 Å². The first kappa shape index (κ1) is 29.8. The van der Waals surface area contributed by atoms with Crippen molar-refractivity contribution in [3.8, 4) is 5.75 Å². The summed E-state index contributed by atoms with van der Waals surface area (Å²) in [6.45, 7) is 3.47. The molecule has 0 unspecified atom stereocenters. The molecule has 0 spiro atoms. The first-order valence-electron chi connectivity index (χ1n) is 14.1. The van der Waals surface area contributed by atoms with Crippen LogP contribution in [0.25, 0.3) is 0 Å². The molecule has 0 amide bonds. The molecule has 1 N–H and O–H groups in total. The van der Waals surface area contributed by atoms with Gasteiger partial charge < -0.3 is 0 Å². The van der Waals surface area contributed by atoms with E-state index < -0.39 is 0 Å². The van der Waals surface area contributed by atoms with E-state index in [1.165, 1.54) is 8.92 Å². The molecule has 0 aliphatic rings. The van der Waals surface area contributed by atoms with Gasteiger partial charge in [-0.2, -0.15) is 0 Å². The van der Waals surface area contributed by atoms with Gasteiger partial charge in [-0.15, -0.1) is 0 Å². The summed E-state index contributed by atoms with van der Waals surface area (Å²) in [4.78, 5) is 10.2. The van der Waals surface area contributed by atoms with Gasteiger partial charge in [-0.25, -0.2) is 0 Å². The molecule has 5 aromatic carbocycles. The predicted octanol–water partition coefficient (Wildman–Crippen LogP) is 6.27. The first-order valence-corrected chi connectivity index (χ1v) is 18.2. The van der Waals surface area contributed by atoms with Crippen LogP contribution >= 0.6 is 0 Å². The second kappa shape index (κ2) is 15.5. The average Bonchev–Trinajstić information content (AvgIpc) is 3.04. The molecular weight excluding hydrogens is 646 g/mol. The number of phenolic OH excluding ortho intramolecular Hbond substituents is 1. The topological polar surface area (TPSA) is 45.0 Å². The average molecular weight is 681 g/mol. The Morgan fingerprint density at radius 3 is 1.29 bits per heavy atom. The number of aromatic hydroxyl groups is 1. The third kappa shape index (κ3) is 8.18. The molecule has 0 aromatic heterocycles. The Bertz CT molecular complexity index is 1500. The van der Waals surface area contributed by atoms with Gasteiger partial charge in [-0.3, -0.25) is 0 Å². The van der Waals surface area contributed by atoms with E-state index in [4.69, 9.17) is 9.98 Å². The minimum absolute atomic E-state index is 0.230. The zero-order valence-electron chi connectivity index (χ0n) is 23.7. The van der Waals surface area contributed by atoms with Gasteiger partial charge in [-0.1, -0.05) is 0 Å². The van der Waals surface area contributed by atoms with Gasteiger partial charge in [0.1, 0.15) is 0 Å². The number of nitrogens with zero attached hydrogens (tertiary/aromatic N) is 2. The number of benzene rings is 5. The SMILES string of the molecule is Cc1cc(C(=NCC[Se]c2ccccc2)c2ccccc2)c(O)c(C(=NCC[Se]c2ccccc2)c2ccccc2)c1. The van der Waals surface area contributed by atoms with Gasteiger partial charge in [0.15, 0.2) is 0 Å². The number of hydrogen-bond acceptors (Lipinski definition) is 3. The molecule has 210 valence electrons. The summed E-state index contributed by atoms with van der Waals surface area (Å²) in [5.41, 5.74) is 6.21. The van der Waals surface area contributed by atoms with Crippen LogP contribution in [0.15, 0.2) is 143 Å². The van der Waals surface area contributed by atoms with Crippen LogP contribution in [0.4, 0.5) is 0 Å². The zero-order valence-corrected chi connectivity index (χ0v) is 27.1. The molecule has 0 saturated carbocycles. The molecule has 5 aromatic rings. The summed E-state index contributed by atoms with van der Waals surface area (Å²) in [5, 5.41) is 13.9. The molecule has 5 heteroatoms. The van der Waals surface area contributed by atoms with Crippen LogP contribution in [-0.4, -0.2) is 59.5 Å². The van der Waals surface area contributed by atoms with E-state index >= 15 is 0 Å². The molecular formula is C37H34N2OSe2. The van der Waals surface area contributed by atoms with E-state index in [1.807, 2.05) is 48.5 Å². The number of hydrogen-bond donors (Lipinski definition) is 1. The van der Waals surface area contributed by atoms with E-state index in [1.54, 1.807) is 0 Å². The van der Waals surface area contributed by atoms with Crippen molar-refractivity contribution in [3.63, 3.8) is 0 Å². The Balaban J connectivity index is 1.48. The number of phenols is 1. The fourth-order valence-electron chi connectivity index (χ4n) is 4.67. The molecule has 0 radical (unpaired) electrons. The zero-order chi connectivity index (χ0) is 29.0. The number of aliphatic imine (C=N–C) groups is 2. The van der Waals surface area contributed by atoms with Crippen LogP contribution in [0.3, 0.4) is 0 Å². The van der Waals surface area contributed by atoms with Crippen molar-refractivity contribution in [2.24, 2.45) is 9.98 Å². The molecule has 0 saturated heterocycles. The number of rotatable bonds is 12. The summed E-state index contributed by atoms with van der Waals surface area (Å²) in [7, 11) is 0. The van der Waals surface area contributed by atoms with Crippen LogP contribution in [-0.2, 0) is 0 Å². The van der Waals surface area contributed by atoms with E-state index in [2.05, 4.69) is 91.9 Å². The van der Waals surface area contributed by atoms with Crippen LogP contribution in [0, 0.1) is 6.92 Å². The predicted molar refractivity (Wildman–Crippen MR) is 180 cm³/mol. The first-order chi connectivity index (χ1) is 20.7. The fourth-order valence-corrected chi connectivity index (χ4v) is 7.89. The molecule has 3 nitrogen and oxygen atoms in total. The molecule has 5 rings (SSSR count). The second-order valence-corrected chi connectivity index (χ2v) is 14.6. The number of aryl methyl sites for hydroxylation is 1. The van der Waals surface area contributed by atoms with Crippen molar-refractivity contribution >= 4 is 50.3 Å². The standard InChI is InChI=1S/C37H34N2OSe2/c1-28-26-33(35(29-14-6-2-7-15-29)38-22-24-41-31-18-10-4-11-19-31)37(40)34(27-28)36(30-16-8-3-9-17-30)39-23-25-42-32-20-12-5-13-21-32/h2-21,26-27,40H,22-25H2,1H3. The van der Waals surface area contributed by atoms with Crippen molar-refractivity contribution in [2.75, 3.05) is 13.1 Å². The van der Waals surface area contributed by atoms with Gasteiger partial charge in [-0.05, 0) is 0 Å². The van der Waals surface area contributed by atoms with E-state index in [0.717, 1.165) is 49.9 Å². The van der Waals surface area contributed by atoms with E-state index in [-0.39, 0.29) is 5.75 Å². The van der Waals surface area contributed by atoms with Crippen molar-refractivity contribution in [1.82, 2.24) is 0 Å². The molecule has 0 aliphatic heterocycles. The van der Waals surface area contributed by atoms with Gasteiger partial charge >= 0.3 is 263 Å². The molecule has 0 atom stereocenters. The van der Waals surface area contributed by atoms with E-state index in [9.17, 15) is 5.11 Å². The Morgan fingerprint density at radius 2 is 0.905 bits per heavy atom. The van der Waals surface area contributed by atoms with Crippen molar-refractivity contribution < 1.29 is 5.11 Å².